The second kappa shape index (κ2) is 8.04. The third-order valence-corrected chi connectivity index (χ3v) is 6.48. The number of aliphatic hydroxyl groups excluding tert-OH is 4. The van der Waals surface area contributed by atoms with Gasteiger partial charge in [0.25, 0.3) is 0 Å². The molecular weight excluding hydrogens is 384 g/mol. The van der Waals surface area contributed by atoms with Crippen LogP contribution < -0.4 is 0 Å². The molecule has 1 aliphatic carbocycles. The maximum absolute atomic E-state index is 10.9. The smallest absolute Gasteiger partial charge is 0.225 e. The molecule has 6 heteroatoms. The molecular formula is C24H30O6. The lowest BCUT2D eigenvalue weighted by atomic mass is 9.83. The minimum absolute atomic E-state index is 0.208. The largest absolute Gasteiger partial charge is 0.394 e. The lowest BCUT2D eigenvalue weighted by Gasteiger charge is -2.46. The Morgan fingerprint density at radius 2 is 1.80 bits per heavy atom. The van der Waals surface area contributed by atoms with Crippen molar-refractivity contribution in [2.45, 2.75) is 56.9 Å². The van der Waals surface area contributed by atoms with E-state index in [0.717, 1.165) is 23.1 Å². The van der Waals surface area contributed by atoms with Crippen molar-refractivity contribution < 1.29 is 29.9 Å². The maximum atomic E-state index is 10.9. The van der Waals surface area contributed by atoms with Crippen molar-refractivity contribution in [3.8, 4) is 0 Å². The molecule has 2 aliphatic heterocycles. The Hall–Kier alpha value is -1.80. The monoisotopic (exact) mass is 414 g/mol. The summed E-state index contributed by atoms with van der Waals surface area (Å²) in [5.41, 5.74) is 3.52. The van der Waals surface area contributed by atoms with Crippen LogP contribution in [0, 0.1) is 5.41 Å². The molecule has 1 aromatic rings. The van der Waals surface area contributed by atoms with Crippen molar-refractivity contribution in [1.29, 1.82) is 0 Å². The molecule has 162 valence electrons. The number of hydrogen-bond acceptors (Lipinski definition) is 6. The van der Waals surface area contributed by atoms with E-state index in [1.54, 1.807) is 0 Å². The van der Waals surface area contributed by atoms with Crippen molar-refractivity contribution in [3.63, 3.8) is 0 Å². The van der Waals surface area contributed by atoms with Crippen LogP contribution in [0.5, 0.6) is 0 Å². The molecule has 2 fully saturated rings. The average Bonchev–Trinajstić information content (AvgIpc) is 2.99. The van der Waals surface area contributed by atoms with Gasteiger partial charge in [0.2, 0.25) is 5.79 Å². The number of fused-ring (bicyclic) bond motifs is 2. The van der Waals surface area contributed by atoms with E-state index in [2.05, 4.69) is 38.1 Å². The van der Waals surface area contributed by atoms with E-state index in [-0.39, 0.29) is 12.0 Å². The van der Waals surface area contributed by atoms with E-state index < -0.39 is 36.8 Å². The predicted octanol–water partition coefficient (Wildman–Crippen LogP) is 1.64. The zero-order valence-corrected chi connectivity index (χ0v) is 17.4. The molecule has 4 rings (SSSR count). The molecule has 0 radical (unpaired) electrons. The minimum Gasteiger partial charge on any atom is -0.394 e. The van der Waals surface area contributed by atoms with Gasteiger partial charge in [-0.1, -0.05) is 56.3 Å². The van der Waals surface area contributed by atoms with Crippen molar-refractivity contribution >= 4 is 0 Å². The quantitative estimate of drug-likeness (QED) is 0.598. The van der Waals surface area contributed by atoms with Crippen LogP contribution in [-0.2, 0) is 15.9 Å². The first-order valence-corrected chi connectivity index (χ1v) is 10.5. The summed E-state index contributed by atoms with van der Waals surface area (Å²) < 4.78 is 11.9. The summed E-state index contributed by atoms with van der Waals surface area (Å²) in [6, 6.07) is 10.1. The highest BCUT2D eigenvalue weighted by Crippen LogP contribution is 2.48. The third-order valence-electron chi connectivity index (χ3n) is 6.48. The molecule has 1 spiro atoms. The summed E-state index contributed by atoms with van der Waals surface area (Å²) >= 11 is 0. The lowest BCUT2D eigenvalue weighted by Crippen LogP contribution is -2.65. The van der Waals surface area contributed by atoms with E-state index in [9.17, 15) is 20.4 Å². The molecule has 0 saturated carbocycles. The summed E-state index contributed by atoms with van der Waals surface area (Å²) in [5.74, 6) is -1.63. The van der Waals surface area contributed by atoms with Gasteiger partial charge in [0.15, 0.2) is 0 Å². The van der Waals surface area contributed by atoms with Gasteiger partial charge in [-0.15, -0.1) is 0 Å². The summed E-state index contributed by atoms with van der Waals surface area (Å²) in [7, 11) is 0. The first kappa shape index (κ1) is 21.4. The molecule has 6 atom stereocenters. The van der Waals surface area contributed by atoms with Crippen LogP contribution in [0.3, 0.4) is 0 Å². The van der Waals surface area contributed by atoms with E-state index in [1.165, 1.54) is 0 Å². The molecule has 1 aromatic carbocycles. The Morgan fingerprint density at radius 3 is 2.47 bits per heavy atom. The normalized spacial score (nSPS) is 38.5. The van der Waals surface area contributed by atoms with E-state index in [0.29, 0.717) is 12.0 Å². The Morgan fingerprint density at radius 1 is 1.07 bits per heavy atom. The van der Waals surface area contributed by atoms with Gasteiger partial charge in [-0.05, 0) is 35.6 Å². The van der Waals surface area contributed by atoms with Crippen LogP contribution in [0.15, 0.2) is 65.3 Å². The van der Waals surface area contributed by atoms with E-state index >= 15 is 0 Å². The number of hydrogen-bond donors (Lipinski definition) is 4. The second-order valence-corrected chi connectivity index (χ2v) is 8.69. The fraction of sp³-hybridized carbons (Fsp3) is 0.500. The second-order valence-electron chi connectivity index (χ2n) is 8.69. The zero-order valence-electron chi connectivity index (χ0n) is 17.4. The molecule has 0 amide bonds. The van der Waals surface area contributed by atoms with Gasteiger partial charge < -0.3 is 29.9 Å². The molecule has 0 bridgehead atoms. The Kier molecular flexibility index (Phi) is 5.74. The summed E-state index contributed by atoms with van der Waals surface area (Å²) in [5, 5.41) is 41.2. The summed E-state index contributed by atoms with van der Waals surface area (Å²) in [6.45, 7) is 3.99. The fourth-order valence-electron chi connectivity index (χ4n) is 4.59. The number of aliphatic hydroxyl groups is 4. The van der Waals surface area contributed by atoms with Gasteiger partial charge in [0, 0.05) is 11.0 Å². The van der Waals surface area contributed by atoms with Crippen LogP contribution >= 0.6 is 0 Å². The Bertz CT molecular complexity index is 873. The SMILES string of the molecule is CCC1(C)C=C(Cc2ccccc2)C=C2C(=C1)COC21OC(CO)C(O)C(O)C1O. The Labute approximate surface area is 176 Å². The third kappa shape index (κ3) is 3.58. The van der Waals surface area contributed by atoms with Gasteiger partial charge in [0.1, 0.15) is 24.4 Å². The maximum Gasteiger partial charge on any atom is 0.225 e. The topological polar surface area (TPSA) is 99.4 Å². The zero-order chi connectivity index (χ0) is 21.5. The van der Waals surface area contributed by atoms with Crippen molar-refractivity contribution in [2.24, 2.45) is 5.41 Å². The molecule has 6 nitrogen and oxygen atoms in total. The molecule has 2 saturated heterocycles. The number of benzene rings is 1. The summed E-state index contributed by atoms with van der Waals surface area (Å²) in [6.07, 6.45) is 2.45. The molecule has 2 heterocycles. The van der Waals surface area contributed by atoms with E-state index in [4.69, 9.17) is 9.47 Å². The van der Waals surface area contributed by atoms with Crippen molar-refractivity contribution in [2.75, 3.05) is 13.2 Å². The number of allylic oxidation sites excluding steroid dienone is 4. The van der Waals surface area contributed by atoms with Crippen LogP contribution in [0.4, 0.5) is 0 Å². The molecule has 30 heavy (non-hydrogen) atoms. The van der Waals surface area contributed by atoms with E-state index in [1.807, 2.05) is 24.3 Å². The van der Waals surface area contributed by atoms with Crippen molar-refractivity contribution in [1.82, 2.24) is 0 Å². The number of ether oxygens (including phenoxy) is 2. The average molecular weight is 414 g/mol. The molecule has 0 aromatic heterocycles. The summed E-state index contributed by atoms with van der Waals surface area (Å²) in [4.78, 5) is 0. The van der Waals surface area contributed by atoms with Gasteiger partial charge in [0.05, 0.1) is 13.2 Å². The van der Waals surface area contributed by atoms with Crippen LogP contribution in [0.25, 0.3) is 0 Å². The van der Waals surface area contributed by atoms with Gasteiger partial charge >= 0.3 is 0 Å². The van der Waals surface area contributed by atoms with Crippen LogP contribution in [-0.4, -0.2) is 63.8 Å². The molecule has 3 aliphatic rings. The first-order valence-electron chi connectivity index (χ1n) is 10.5. The van der Waals surface area contributed by atoms with Gasteiger partial charge in [-0.2, -0.15) is 0 Å². The number of rotatable bonds is 4. The minimum atomic E-state index is -1.63. The predicted molar refractivity (Wildman–Crippen MR) is 111 cm³/mol. The lowest BCUT2D eigenvalue weighted by molar-refractivity contribution is -0.335. The molecule has 6 unspecified atom stereocenters. The standard InChI is InChI=1S/C24H30O6/c1-3-23(2)11-16(9-15-7-5-4-6-8-15)10-18-17(12-23)14-29-24(18)22(28)21(27)20(26)19(13-25)30-24/h4-8,10-12,19-22,25-28H,3,9,13-14H2,1-2H3. The van der Waals surface area contributed by atoms with Gasteiger partial charge in [-0.3, -0.25) is 0 Å². The highest BCUT2D eigenvalue weighted by atomic mass is 16.7. The molecule has 4 N–H and O–H groups in total. The van der Waals surface area contributed by atoms with Crippen LogP contribution in [0.2, 0.25) is 0 Å². The van der Waals surface area contributed by atoms with Crippen molar-refractivity contribution in [3.05, 3.63) is 70.8 Å². The van der Waals surface area contributed by atoms with Crippen LogP contribution in [0.1, 0.15) is 25.8 Å². The first-order chi connectivity index (χ1) is 14.3. The van der Waals surface area contributed by atoms with Gasteiger partial charge in [-0.25, -0.2) is 0 Å². The highest BCUT2D eigenvalue weighted by Gasteiger charge is 2.59. The Balaban J connectivity index is 1.79. The highest BCUT2D eigenvalue weighted by molar-refractivity contribution is 5.51. The fourth-order valence-corrected chi connectivity index (χ4v) is 4.59.